The van der Waals surface area contributed by atoms with Crippen LogP contribution in [0.1, 0.15) is 41.9 Å². The van der Waals surface area contributed by atoms with Crippen LogP contribution in [-0.2, 0) is 4.79 Å². The molecule has 2 aliphatic rings. The first kappa shape index (κ1) is 15.3. The van der Waals surface area contributed by atoms with Crippen molar-refractivity contribution in [3.63, 3.8) is 0 Å². The summed E-state index contributed by atoms with van der Waals surface area (Å²) in [5, 5.41) is 2.85. The Hall–Kier alpha value is -2.21. The number of fused-ring (bicyclic) bond motifs is 1. The number of carbonyl (C=O) groups excluding carboxylic acids is 2. The Morgan fingerprint density at radius 2 is 2.21 bits per heavy atom. The second kappa shape index (κ2) is 6.02. The van der Waals surface area contributed by atoms with Crippen molar-refractivity contribution in [2.45, 2.75) is 36.7 Å². The molecule has 2 heterocycles. The van der Waals surface area contributed by atoms with Gasteiger partial charge in [0.15, 0.2) is 0 Å². The number of anilines is 1. The van der Waals surface area contributed by atoms with Gasteiger partial charge in [-0.05, 0) is 50.1 Å². The Balaban J connectivity index is 1.63. The van der Waals surface area contributed by atoms with Crippen LogP contribution in [0.15, 0.2) is 45.9 Å². The Kier molecular flexibility index (Phi) is 3.84. The van der Waals surface area contributed by atoms with E-state index >= 15 is 0 Å². The van der Waals surface area contributed by atoms with Crippen LogP contribution in [0.25, 0.3) is 0 Å². The van der Waals surface area contributed by atoms with Crippen molar-refractivity contribution in [2.24, 2.45) is 0 Å². The summed E-state index contributed by atoms with van der Waals surface area (Å²) < 4.78 is 5.49. The van der Waals surface area contributed by atoms with Gasteiger partial charge in [0, 0.05) is 16.5 Å². The van der Waals surface area contributed by atoms with E-state index in [2.05, 4.69) is 5.32 Å². The molecule has 4 rings (SSSR count). The lowest BCUT2D eigenvalue weighted by Gasteiger charge is -2.28. The number of nitrogens with one attached hydrogen (secondary N) is 1. The van der Waals surface area contributed by atoms with Crippen molar-refractivity contribution in [1.82, 2.24) is 4.90 Å². The minimum Gasteiger partial charge on any atom is -0.467 e. The van der Waals surface area contributed by atoms with Crippen LogP contribution in [0.4, 0.5) is 5.69 Å². The molecule has 1 N–H and O–H groups in total. The first-order chi connectivity index (χ1) is 11.6. The van der Waals surface area contributed by atoms with Crippen LogP contribution in [0, 0.1) is 0 Å². The van der Waals surface area contributed by atoms with Crippen molar-refractivity contribution in [2.75, 3.05) is 11.1 Å². The highest BCUT2D eigenvalue weighted by molar-refractivity contribution is 8.00. The van der Waals surface area contributed by atoms with Crippen LogP contribution in [-0.4, -0.2) is 28.5 Å². The predicted octanol–water partition coefficient (Wildman–Crippen LogP) is 3.69. The predicted molar refractivity (Wildman–Crippen MR) is 92.1 cm³/mol. The van der Waals surface area contributed by atoms with Gasteiger partial charge in [0.1, 0.15) is 5.76 Å². The highest BCUT2D eigenvalue weighted by Gasteiger charge is 2.37. The number of amides is 2. The molecule has 1 saturated carbocycles. The zero-order chi connectivity index (χ0) is 16.7. The largest absolute Gasteiger partial charge is 0.467 e. The van der Waals surface area contributed by atoms with E-state index in [-0.39, 0.29) is 23.9 Å². The number of nitrogens with zero attached hydrogens (tertiary/aromatic N) is 1. The number of hydrogen-bond donors (Lipinski definition) is 1. The van der Waals surface area contributed by atoms with E-state index in [1.165, 1.54) is 11.8 Å². The number of rotatable bonds is 4. The van der Waals surface area contributed by atoms with E-state index < -0.39 is 0 Å². The van der Waals surface area contributed by atoms with Gasteiger partial charge < -0.3 is 14.6 Å². The zero-order valence-electron chi connectivity index (χ0n) is 13.3. The summed E-state index contributed by atoms with van der Waals surface area (Å²) >= 11 is 1.50. The summed E-state index contributed by atoms with van der Waals surface area (Å²) in [6, 6.07) is 9.43. The molecule has 0 saturated heterocycles. The summed E-state index contributed by atoms with van der Waals surface area (Å²) in [5.74, 6) is 1.16. The average Bonchev–Trinajstić information content (AvgIpc) is 3.25. The Morgan fingerprint density at radius 3 is 2.92 bits per heavy atom. The van der Waals surface area contributed by atoms with Gasteiger partial charge in [-0.2, -0.15) is 0 Å². The first-order valence-electron chi connectivity index (χ1n) is 8.06. The molecule has 0 bridgehead atoms. The maximum absolute atomic E-state index is 13.1. The van der Waals surface area contributed by atoms with Crippen molar-refractivity contribution in [3.8, 4) is 0 Å². The quantitative estimate of drug-likeness (QED) is 0.920. The molecular weight excluding hydrogens is 324 g/mol. The Bertz CT molecular complexity index is 784. The monoisotopic (exact) mass is 342 g/mol. The molecule has 0 spiro atoms. The molecule has 1 aromatic carbocycles. The standard InChI is InChI=1S/C18H18N2O3S/c1-11(15-3-2-8-23-15)20(13-5-6-13)18(22)12-4-7-16-14(9-12)19-17(21)10-24-16/h2-4,7-9,11,13H,5-6,10H2,1H3,(H,19,21). The smallest absolute Gasteiger partial charge is 0.254 e. The molecule has 5 nitrogen and oxygen atoms in total. The lowest BCUT2D eigenvalue weighted by Crippen LogP contribution is -2.35. The third-order valence-corrected chi connectivity index (χ3v) is 5.48. The minimum absolute atomic E-state index is 0.0194. The summed E-state index contributed by atoms with van der Waals surface area (Å²) in [7, 11) is 0. The molecule has 0 radical (unpaired) electrons. The second-order valence-electron chi connectivity index (χ2n) is 6.18. The van der Waals surface area contributed by atoms with Crippen LogP contribution in [0.2, 0.25) is 0 Å². The van der Waals surface area contributed by atoms with Crippen molar-refractivity contribution in [1.29, 1.82) is 0 Å². The first-order valence-corrected chi connectivity index (χ1v) is 9.05. The number of thioether (sulfide) groups is 1. The molecule has 2 amide bonds. The molecule has 124 valence electrons. The number of benzene rings is 1. The second-order valence-corrected chi connectivity index (χ2v) is 7.20. The maximum atomic E-state index is 13.1. The summed E-state index contributed by atoms with van der Waals surface area (Å²) in [5.41, 5.74) is 1.32. The normalized spacial score (nSPS) is 17.8. The van der Waals surface area contributed by atoms with E-state index in [0.717, 1.165) is 29.2 Å². The fourth-order valence-electron chi connectivity index (χ4n) is 3.04. The molecule has 1 fully saturated rings. The number of furan rings is 1. The van der Waals surface area contributed by atoms with Gasteiger partial charge in [-0.1, -0.05) is 0 Å². The maximum Gasteiger partial charge on any atom is 0.254 e. The molecule has 1 atom stereocenters. The molecule has 1 aliphatic heterocycles. The highest BCUT2D eigenvalue weighted by atomic mass is 32.2. The van der Waals surface area contributed by atoms with Gasteiger partial charge in [-0.3, -0.25) is 9.59 Å². The minimum atomic E-state index is -0.111. The van der Waals surface area contributed by atoms with Crippen LogP contribution >= 0.6 is 11.8 Å². The summed E-state index contributed by atoms with van der Waals surface area (Å²) in [6.07, 6.45) is 3.68. The molecule has 1 aromatic heterocycles. The molecular formula is C18H18N2O3S. The molecule has 1 aliphatic carbocycles. The van der Waals surface area contributed by atoms with E-state index in [0.29, 0.717) is 11.3 Å². The molecule has 1 unspecified atom stereocenters. The van der Waals surface area contributed by atoms with Gasteiger partial charge in [0.05, 0.1) is 23.7 Å². The van der Waals surface area contributed by atoms with Crippen LogP contribution in [0.5, 0.6) is 0 Å². The third kappa shape index (κ3) is 2.82. The third-order valence-electron chi connectivity index (χ3n) is 4.41. The Labute approximate surface area is 144 Å². The zero-order valence-corrected chi connectivity index (χ0v) is 14.1. The van der Waals surface area contributed by atoms with E-state index in [1.54, 1.807) is 12.3 Å². The van der Waals surface area contributed by atoms with Crippen LogP contribution in [0.3, 0.4) is 0 Å². The van der Waals surface area contributed by atoms with Gasteiger partial charge >= 0.3 is 0 Å². The SMILES string of the molecule is CC(c1ccco1)N(C(=O)c1ccc2c(c1)NC(=O)CS2)C1CC1. The van der Waals surface area contributed by atoms with Crippen molar-refractivity contribution in [3.05, 3.63) is 47.9 Å². The van der Waals surface area contributed by atoms with Crippen molar-refractivity contribution >= 4 is 29.3 Å². The lowest BCUT2D eigenvalue weighted by atomic mass is 10.1. The summed E-state index contributed by atoms with van der Waals surface area (Å²) in [4.78, 5) is 27.6. The topological polar surface area (TPSA) is 62.6 Å². The fourth-order valence-corrected chi connectivity index (χ4v) is 3.83. The lowest BCUT2D eigenvalue weighted by molar-refractivity contribution is -0.113. The molecule has 24 heavy (non-hydrogen) atoms. The Morgan fingerprint density at radius 1 is 1.38 bits per heavy atom. The fraction of sp³-hybridized carbons (Fsp3) is 0.333. The van der Waals surface area contributed by atoms with E-state index in [9.17, 15) is 9.59 Å². The van der Waals surface area contributed by atoms with E-state index in [4.69, 9.17) is 4.42 Å². The van der Waals surface area contributed by atoms with Gasteiger partial charge in [0.25, 0.3) is 5.91 Å². The van der Waals surface area contributed by atoms with Crippen LogP contribution < -0.4 is 5.32 Å². The average molecular weight is 342 g/mol. The molecule has 6 heteroatoms. The van der Waals surface area contributed by atoms with Gasteiger partial charge in [0.2, 0.25) is 5.91 Å². The van der Waals surface area contributed by atoms with E-state index in [1.807, 2.05) is 36.1 Å². The van der Waals surface area contributed by atoms with Gasteiger partial charge in [-0.25, -0.2) is 0 Å². The number of carbonyl (C=O) groups is 2. The highest BCUT2D eigenvalue weighted by Crippen LogP contribution is 2.37. The molecule has 2 aromatic rings. The van der Waals surface area contributed by atoms with Gasteiger partial charge in [-0.15, -0.1) is 11.8 Å². The number of hydrogen-bond acceptors (Lipinski definition) is 4. The summed E-state index contributed by atoms with van der Waals surface area (Å²) in [6.45, 7) is 1.99. The van der Waals surface area contributed by atoms with Crippen molar-refractivity contribution < 1.29 is 14.0 Å².